The summed E-state index contributed by atoms with van der Waals surface area (Å²) in [6, 6.07) is 18.1. The van der Waals surface area contributed by atoms with Gasteiger partial charge in [0.2, 0.25) is 5.91 Å². The van der Waals surface area contributed by atoms with E-state index in [0.717, 1.165) is 22.3 Å². The zero-order valence-electron chi connectivity index (χ0n) is 16.5. The summed E-state index contributed by atoms with van der Waals surface area (Å²) in [6.07, 6.45) is 0. The molecule has 29 heavy (non-hydrogen) atoms. The monoisotopic (exact) mass is 408 g/mol. The SMILES string of the molecule is CC(=O)N1CCN(C(=O)c2oc3ccccc3c2CSCc2ccccc2)CC1. The number of benzene rings is 2. The van der Waals surface area contributed by atoms with Crippen LogP contribution in [-0.4, -0.2) is 47.8 Å². The number of piperazine rings is 1. The highest BCUT2D eigenvalue weighted by molar-refractivity contribution is 7.97. The predicted octanol–water partition coefficient (Wildman–Crippen LogP) is 4.17. The molecule has 2 aromatic carbocycles. The molecule has 0 radical (unpaired) electrons. The second-order valence-corrected chi connectivity index (χ2v) is 8.17. The molecule has 1 fully saturated rings. The van der Waals surface area contributed by atoms with Gasteiger partial charge in [-0.15, -0.1) is 0 Å². The fourth-order valence-corrected chi connectivity index (χ4v) is 4.65. The number of para-hydroxylation sites is 1. The van der Waals surface area contributed by atoms with Gasteiger partial charge in [0.15, 0.2) is 5.76 Å². The minimum Gasteiger partial charge on any atom is -0.451 e. The summed E-state index contributed by atoms with van der Waals surface area (Å²) in [5.41, 5.74) is 2.97. The van der Waals surface area contributed by atoms with Gasteiger partial charge in [-0.05, 0) is 11.6 Å². The minimum atomic E-state index is -0.0836. The van der Waals surface area contributed by atoms with Crippen molar-refractivity contribution in [3.8, 4) is 0 Å². The molecule has 0 saturated carbocycles. The zero-order valence-corrected chi connectivity index (χ0v) is 17.3. The van der Waals surface area contributed by atoms with Crippen LogP contribution in [0.1, 0.15) is 28.6 Å². The maximum Gasteiger partial charge on any atom is 0.290 e. The van der Waals surface area contributed by atoms with Crippen LogP contribution in [0.25, 0.3) is 11.0 Å². The van der Waals surface area contributed by atoms with Crippen molar-refractivity contribution in [3.63, 3.8) is 0 Å². The average molecular weight is 409 g/mol. The second kappa shape index (κ2) is 8.74. The molecule has 2 heterocycles. The molecule has 0 atom stereocenters. The van der Waals surface area contributed by atoms with Gasteiger partial charge < -0.3 is 14.2 Å². The van der Waals surface area contributed by atoms with Crippen molar-refractivity contribution in [2.24, 2.45) is 0 Å². The highest BCUT2D eigenvalue weighted by Crippen LogP contribution is 2.31. The highest BCUT2D eigenvalue weighted by atomic mass is 32.2. The van der Waals surface area contributed by atoms with Crippen LogP contribution in [0.4, 0.5) is 0 Å². The van der Waals surface area contributed by atoms with Crippen LogP contribution < -0.4 is 0 Å². The molecule has 5 nitrogen and oxygen atoms in total. The molecule has 1 aliphatic heterocycles. The Balaban J connectivity index is 1.53. The number of hydrogen-bond acceptors (Lipinski definition) is 4. The minimum absolute atomic E-state index is 0.0545. The van der Waals surface area contributed by atoms with Gasteiger partial charge in [0, 0.05) is 55.6 Å². The van der Waals surface area contributed by atoms with Crippen molar-refractivity contribution < 1.29 is 14.0 Å². The van der Waals surface area contributed by atoms with Gasteiger partial charge in [0.05, 0.1) is 0 Å². The molecule has 3 aromatic rings. The van der Waals surface area contributed by atoms with Gasteiger partial charge in [0.25, 0.3) is 5.91 Å². The van der Waals surface area contributed by atoms with Crippen molar-refractivity contribution >= 4 is 34.5 Å². The van der Waals surface area contributed by atoms with Crippen LogP contribution in [0.2, 0.25) is 0 Å². The first-order valence-corrected chi connectivity index (χ1v) is 11.0. The fourth-order valence-electron chi connectivity index (χ4n) is 3.63. The number of nitrogens with zero attached hydrogens (tertiary/aromatic N) is 2. The first kappa shape index (κ1) is 19.6. The fraction of sp³-hybridized carbons (Fsp3) is 0.304. The van der Waals surface area contributed by atoms with E-state index < -0.39 is 0 Å². The third kappa shape index (κ3) is 4.32. The molecule has 1 aliphatic rings. The van der Waals surface area contributed by atoms with E-state index in [1.165, 1.54) is 5.56 Å². The van der Waals surface area contributed by atoms with Gasteiger partial charge in [-0.3, -0.25) is 9.59 Å². The first-order chi connectivity index (χ1) is 14.1. The molecule has 0 spiro atoms. The third-order valence-corrected chi connectivity index (χ3v) is 6.29. The predicted molar refractivity (Wildman–Crippen MR) is 116 cm³/mol. The van der Waals surface area contributed by atoms with Crippen molar-refractivity contribution in [2.75, 3.05) is 26.2 Å². The highest BCUT2D eigenvalue weighted by Gasteiger charge is 2.28. The maximum absolute atomic E-state index is 13.2. The van der Waals surface area contributed by atoms with Gasteiger partial charge in [-0.1, -0.05) is 48.5 Å². The molecule has 1 aromatic heterocycles. The number of carbonyl (C=O) groups is 2. The molecule has 150 valence electrons. The van der Waals surface area contributed by atoms with Crippen LogP contribution in [-0.2, 0) is 16.3 Å². The van der Waals surface area contributed by atoms with Gasteiger partial charge in [-0.2, -0.15) is 11.8 Å². The lowest BCUT2D eigenvalue weighted by Gasteiger charge is -2.33. The molecule has 0 bridgehead atoms. The van der Waals surface area contributed by atoms with E-state index in [2.05, 4.69) is 12.1 Å². The summed E-state index contributed by atoms with van der Waals surface area (Å²) >= 11 is 1.78. The Morgan fingerprint density at radius 3 is 2.28 bits per heavy atom. The summed E-state index contributed by atoms with van der Waals surface area (Å²) in [6.45, 7) is 3.77. The largest absolute Gasteiger partial charge is 0.451 e. The van der Waals surface area contributed by atoms with E-state index in [-0.39, 0.29) is 11.8 Å². The van der Waals surface area contributed by atoms with E-state index in [1.807, 2.05) is 42.5 Å². The standard InChI is InChI=1S/C23H24N2O3S/c1-17(26)24-11-13-25(14-12-24)23(27)22-20(19-9-5-6-10-21(19)28-22)16-29-15-18-7-3-2-4-8-18/h2-10H,11-16H2,1H3. The Morgan fingerprint density at radius 2 is 1.55 bits per heavy atom. The molecule has 0 aliphatic carbocycles. The van der Waals surface area contributed by atoms with E-state index in [9.17, 15) is 9.59 Å². The van der Waals surface area contributed by atoms with Crippen LogP contribution in [0.3, 0.4) is 0 Å². The Morgan fingerprint density at radius 1 is 0.897 bits per heavy atom. The average Bonchev–Trinajstić information content (AvgIpc) is 3.13. The molecular weight excluding hydrogens is 384 g/mol. The summed E-state index contributed by atoms with van der Waals surface area (Å²) in [7, 11) is 0. The van der Waals surface area contributed by atoms with Crippen molar-refractivity contribution in [3.05, 3.63) is 71.5 Å². The quantitative estimate of drug-likeness (QED) is 0.636. The van der Waals surface area contributed by atoms with Gasteiger partial charge in [0.1, 0.15) is 5.58 Å². The molecule has 6 heteroatoms. The van der Waals surface area contributed by atoms with E-state index in [4.69, 9.17) is 4.42 Å². The van der Waals surface area contributed by atoms with Crippen LogP contribution >= 0.6 is 11.8 Å². The molecule has 0 unspecified atom stereocenters. The molecule has 1 saturated heterocycles. The lowest BCUT2D eigenvalue weighted by atomic mass is 10.1. The normalized spacial score (nSPS) is 14.4. The molecule has 0 N–H and O–H groups in total. The van der Waals surface area contributed by atoms with Gasteiger partial charge >= 0.3 is 0 Å². The lowest BCUT2D eigenvalue weighted by Crippen LogP contribution is -2.50. The zero-order chi connectivity index (χ0) is 20.2. The Kier molecular flexibility index (Phi) is 5.90. The molecular formula is C23H24N2O3S. The maximum atomic E-state index is 13.2. The Labute approximate surface area is 174 Å². The van der Waals surface area contributed by atoms with Crippen LogP contribution in [0, 0.1) is 0 Å². The van der Waals surface area contributed by atoms with Crippen molar-refractivity contribution in [2.45, 2.75) is 18.4 Å². The number of hydrogen-bond donors (Lipinski definition) is 0. The van der Waals surface area contributed by atoms with Gasteiger partial charge in [-0.25, -0.2) is 0 Å². The molecule has 2 amide bonds. The summed E-state index contributed by atoms with van der Waals surface area (Å²) < 4.78 is 6.01. The topological polar surface area (TPSA) is 53.8 Å². The van der Waals surface area contributed by atoms with E-state index in [1.54, 1.807) is 28.5 Å². The first-order valence-electron chi connectivity index (χ1n) is 9.80. The number of rotatable bonds is 5. The number of amides is 2. The van der Waals surface area contributed by atoms with E-state index in [0.29, 0.717) is 37.7 Å². The Hall–Kier alpha value is -2.73. The lowest BCUT2D eigenvalue weighted by molar-refractivity contribution is -0.130. The number of furan rings is 1. The number of fused-ring (bicyclic) bond motifs is 1. The van der Waals surface area contributed by atoms with E-state index >= 15 is 0 Å². The van der Waals surface area contributed by atoms with Crippen LogP contribution in [0.5, 0.6) is 0 Å². The van der Waals surface area contributed by atoms with Crippen LogP contribution in [0.15, 0.2) is 59.0 Å². The number of carbonyl (C=O) groups excluding carboxylic acids is 2. The second-order valence-electron chi connectivity index (χ2n) is 7.18. The molecule has 4 rings (SSSR count). The smallest absolute Gasteiger partial charge is 0.290 e. The van der Waals surface area contributed by atoms with Crippen molar-refractivity contribution in [1.29, 1.82) is 0 Å². The van der Waals surface area contributed by atoms with Crippen molar-refractivity contribution in [1.82, 2.24) is 9.80 Å². The number of thioether (sulfide) groups is 1. The summed E-state index contributed by atoms with van der Waals surface area (Å²) in [4.78, 5) is 28.3. The summed E-state index contributed by atoms with van der Waals surface area (Å²) in [5, 5.41) is 0.999. The third-order valence-electron chi connectivity index (χ3n) is 5.26. The Bertz CT molecular complexity index is 1010. The summed E-state index contributed by atoms with van der Waals surface area (Å²) in [5.74, 6) is 1.99.